The highest BCUT2D eigenvalue weighted by Crippen LogP contribution is 2.31. The molecule has 0 aliphatic heterocycles. The molecular weight excluding hydrogens is 277 g/mol. The first-order valence-electron chi connectivity index (χ1n) is 7.38. The number of halogens is 2. The van der Waals surface area contributed by atoms with E-state index in [1.165, 1.54) is 25.7 Å². The van der Waals surface area contributed by atoms with Gasteiger partial charge in [0.2, 0.25) is 0 Å². The highest BCUT2D eigenvalue weighted by Gasteiger charge is 2.24. The number of benzene rings is 1. The fourth-order valence-electron chi connectivity index (χ4n) is 3.20. The molecule has 1 N–H and O–H groups in total. The fraction of sp³-hybridized carbons (Fsp3) is 0.625. The predicted octanol–water partition coefficient (Wildman–Crippen LogP) is 5.09. The zero-order chi connectivity index (χ0) is 13.7. The van der Waals surface area contributed by atoms with Crippen molar-refractivity contribution in [3.63, 3.8) is 0 Å². The van der Waals surface area contributed by atoms with Crippen LogP contribution in [0.3, 0.4) is 0 Å². The molecule has 1 fully saturated rings. The molecule has 0 aromatic heterocycles. The van der Waals surface area contributed by atoms with Crippen molar-refractivity contribution in [2.45, 2.75) is 51.5 Å². The predicted molar refractivity (Wildman–Crippen MR) is 84.2 cm³/mol. The second-order valence-corrected chi connectivity index (χ2v) is 6.26. The van der Waals surface area contributed by atoms with E-state index < -0.39 is 0 Å². The quantitative estimate of drug-likeness (QED) is 0.771. The lowest BCUT2D eigenvalue weighted by Gasteiger charge is -2.24. The van der Waals surface area contributed by atoms with Gasteiger partial charge in [-0.2, -0.15) is 0 Å². The molecule has 0 heterocycles. The van der Waals surface area contributed by atoms with Gasteiger partial charge in [0.05, 0.1) is 0 Å². The molecular formula is C16H23Cl2N. The van der Waals surface area contributed by atoms with Crippen LogP contribution in [0.1, 0.15) is 44.6 Å². The van der Waals surface area contributed by atoms with E-state index in [4.69, 9.17) is 23.2 Å². The highest BCUT2D eigenvalue weighted by atomic mass is 35.5. The average molecular weight is 300 g/mol. The molecule has 0 radical (unpaired) electrons. The third-order valence-corrected chi connectivity index (χ3v) is 4.91. The van der Waals surface area contributed by atoms with Crippen LogP contribution in [0.4, 0.5) is 0 Å². The first-order chi connectivity index (χ1) is 9.22. The molecule has 1 aromatic rings. The minimum atomic E-state index is 0.611. The molecule has 1 nitrogen and oxygen atoms in total. The maximum absolute atomic E-state index is 6.24. The van der Waals surface area contributed by atoms with Crippen molar-refractivity contribution in [3.8, 4) is 0 Å². The third kappa shape index (κ3) is 4.11. The number of hydrogen-bond acceptors (Lipinski definition) is 1. The first kappa shape index (κ1) is 15.2. The van der Waals surface area contributed by atoms with Crippen LogP contribution in [0.5, 0.6) is 0 Å². The zero-order valence-corrected chi connectivity index (χ0v) is 13.1. The largest absolute Gasteiger partial charge is 0.314 e. The first-order valence-corrected chi connectivity index (χ1v) is 8.14. The molecule has 0 saturated heterocycles. The van der Waals surface area contributed by atoms with E-state index in [9.17, 15) is 0 Å². The van der Waals surface area contributed by atoms with Crippen molar-refractivity contribution >= 4 is 23.2 Å². The van der Waals surface area contributed by atoms with E-state index >= 15 is 0 Å². The molecule has 2 rings (SSSR count). The van der Waals surface area contributed by atoms with E-state index in [-0.39, 0.29) is 0 Å². The van der Waals surface area contributed by atoms with Gasteiger partial charge in [-0.05, 0) is 55.8 Å². The van der Waals surface area contributed by atoms with E-state index in [0.717, 1.165) is 40.9 Å². The van der Waals surface area contributed by atoms with Crippen molar-refractivity contribution in [1.82, 2.24) is 5.32 Å². The summed E-state index contributed by atoms with van der Waals surface area (Å²) in [6.45, 7) is 3.22. The molecule has 106 valence electrons. The maximum atomic E-state index is 6.24. The summed E-state index contributed by atoms with van der Waals surface area (Å²) in [6, 6.07) is 6.38. The van der Waals surface area contributed by atoms with E-state index in [1.54, 1.807) is 0 Å². The van der Waals surface area contributed by atoms with E-state index in [1.807, 2.05) is 18.2 Å². The lowest BCUT2D eigenvalue weighted by molar-refractivity contribution is 0.346. The minimum absolute atomic E-state index is 0.611. The van der Waals surface area contributed by atoms with Crippen molar-refractivity contribution in [2.24, 2.45) is 5.92 Å². The Hall–Kier alpha value is -0.240. The van der Waals surface area contributed by atoms with Crippen LogP contribution in [0, 0.1) is 5.92 Å². The zero-order valence-electron chi connectivity index (χ0n) is 11.6. The van der Waals surface area contributed by atoms with Crippen LogP contribution in [0.25, 0.3) is 0 Å². The van der Waals surface area contributed by atoms with Crippen molar-refractivity contribution < 1.29 is 0 Å². The third-order valence-electron chi connectivity index (χ3n) is 4.20. The SMILES string of the molecule is CCNC(CCc1c(Cl)cccc1Cl)C1CCCC1. The van der Waals surface area contributed by atoms with Gasteiger partial charge in [0.1, 0.15) is 0 Å². The minimum Gasteiger partial charge on any atom is -0.314 e. The molecule has 1 aromatic carbocycles. The molecule has 1 atom stereocenters. The molecule has 0 amide bonds. The second-order valence-electron chi connectivity index (χ2n) is 5.45. The monoisotopic (exact) mass is 299 g/mol. The standard InChI is InChI=1S/C16H23Cl2N/c1-2-19-16(12-6-3-4-7-12)11-10-13-14(17)8-5-9-15(13)18/h5,8-9,12,16,19H,2-4,6-7,10-11H2,1H3. The number of nitrogens with one attached hydrogen (secondary N) is 1. The normalized spacial score (nSPS) is 17.8. The topological polar surface area (TPSA) is 12.0 Å². The van der Waals surface area contributed by atoms with Gasteiger partial charge in [0.15, 0.2) is 0 Å². The van der Waals surface area contributed by atoms with Crippen LogP contribution in [-0.2, 0) is 6.42 Å². The maximum Gasteiger partial charge on any atom is 0.0452 e. The Morgan fingerprint density at radius 3 is 2.42 bits per heavy atom. The Labute approximate surface area is 126 Å². The Kier molecular flexibility index (Phi) is 6.00. The lowest BCUT2D eigenvalue weighted by atomic mass is 9.92. The number of hydrogen-bond donors (Lipinski definition) is 1. The number of rotatable bonds is 6. The van der Waals surface area contributed by atoms with Crippen LogP contribution in [0.2, 0.25) is 10.0 Å². The van der Waals surface area contributed by atoms with Crippen molar-refractivity contribution in [2.75, 3.05) is 6.54 Å². The van der Waals surface area contributed by atoms with Crippen LogP contribution in [0.15, 0.2) is 18.2 Å². The lowest BCUT2D eigenvalue weighted by Crippen LogP contribution is -2.35. The van der Waals surface area contributed by atoms with Crippen LogP contribution < -0.4 is 5.32 Å². The summed E-state index contributed by atoms with van der Waals surface area (Å²) in [5.41, 5.74) is 1.10. The molecule has 0 spiro atoms. The summed E-state index contributed by atoms with van der Waals surface area (Å²) >= 11 is 12.5. The average Bonchev–Trinajstić information content (AvgIpc) is 2.90. The smallest absolute Gasteiger partial charge is 0.0452 e. The summed E-state index contributed by atoms with van der Waals surface area (Å²) in [5.74, 6) is 0.834. The van der Waals surface area contributed by atoms with Gasteiger partial charge in [0, 0.05) is 16.1 Å². The summed E-state index contributed by atoms with van der Waals surface area (Å²) in [5, 5.41) is 5.25. The Bertz CT molecular complexity index is 379. The molecule has 3 heteroatoms. The van der Waals surface area contributed by atoms with Crippen LogP contribution >= 0.6 is 23.2 Å². The van der Waals surface area contributed by atoms with Gasteiger partial charge >= 0.3 is 0 Å². The molecule has 1 saturated carbocycles. The summed E-state index contributed by atoms with van der Waals surface area (Å²) in [7, 11) is 0. The van der Waals surface area contributed by atoms with Gasteiger partial charge in [-0.3, -0.25) is 0 Å². The summed E-state index contributed by atoms with van der Waals surface area (Å²) in [4.78, 5) is 0. The molecule has 1 unspecified atom stereocenters. The fourth-order valence-corrected chi connectivity index (χ4v) is 3.78. The van der Waals surface area contributed by atoms with E-state index in [0.29, 0.717) is 6.04 Å². The molecule has 1 aliphatic rings. The summed E-state index contributed by atoms with van der Waals surface area (Å²) < 4.78 is 0. The van der Waals surface area contributed by atoms with E-state index in [2.05, 4.69) is 12.2 Å². The van der Waals surface area contributed by atoms with Gasteiger partial charge < -0.3 is 5.32 Å². The van der Waals surface area contributed by atoms with Crippen molar-refractivity contribution in [3.05, 3.63) is 33.8 Å². The second kappa shape index (κ2) is 7.52. The van der Waals surface area contributed by atoms with Gasteiger partial charge in [0.25, 0.3) is 0 Å². The Balaban J connectivity index is 1.98. The molecule has 19 heavy (non-hydrogen) atoms. The van der Waals surface area contributed by atoms with Crippen LogP contribution in [-0.4, -0.2) is 12.6 Å². The Morgan fingerprint density at radius 2 is 1.84 bits per heavy atom. The Morgan fingerprint density at radius 1 is 1.21 bits per heavy atom. The van der Waals surface area contributed by atoms with Crippen molar-refractivity contribution in [1.29, 1.82) is 0 Å². The van der Waals surface area contributed by atoms with Gasteiger partial charge in [-0.1, -0.05) is 49.0 Å². The van der Waals surface area contributed by atoms with Gasteiger partial charge in [-0.15, -0.1) is 0 Å². The highest BCUT2D eigenvalue weighted by molar-refractivity contribution is 6.35. The summed E-state index contributed by atoms with van der Waals surface area (Å²) in [6.07, 6.45) is 7.61. The van der Waals surface area contributed by atoms with Gasteiger partial charge in [-0.25, -0.2) is 0 Å². The molecule has 0 bridgehead atoms. The molecule has 1 aliphatic carbocycles.